The summed E-state index contributed by atoms with van der Waals surface area (Å²) in [6, 6.07) is 0.222. The van der Waals surface area contributed by atoms with E-state index < -0.39 is 0 Å². The van der Waals surface area contributed by atoms with Gasteiger partial charge >= 0.3 is 0 Å². The molecule has 1 saturated carbocycles. The van der Waals surface area contributed by atoms with Gasteiger partial charge in [0.2, 0.25) is 0 Å². The van der Waals surface area contributed by atoms with Crippen molar-refractivity contribution in [2.24, 2.45) is 11.8 Å². The molecule has 0 aromatic carbocycles. The van der Waals surface area contributed by atoms with E-state index in [1.807, 2.05) is 0 Å². The van der Waals surface area contributed by atoms with Crippen LogP contribution in [-0.2, 0) is 4.79 Å². The molecule has 0 N–H and O–H groups in total. The lowest BCUT2D eigenvalue weighted by Gasteiger charge is -2.31. The highest BCUT2D eigenvalue weighted by molar-refractivity contribution is 5.84. The molecule has 0 spiro atoms. The summed E-state index contributed by atoms with van der Waals surface area (Å²) < 4.78 is 0. The molecule has 0 saturated heterocycles. The molecule has 2 heteroatoms. The predicted molar refractivity (Wildman–Crippen MR) is 82.4 cm³/mol. The molecular weight excluding hydrogens is 234 g/mol. The Morgan fingerprint density at radius 1 is 1.00 bits per heavy atom. The van der Waals surface area contributed by atoms with Gasteiger partial charge in [-0.05, 0) is 50.6 Å². The fourth-order valence-electron chi connectivity index (χ4n) is 2.80. The van der Waals surface area contributed by atoms with Crippen LogP contribution in [0, 0.1) is 11.8 Å². The fraction of sp³-hybridized carbons (Fsp3) is 0.941. The van der Waals surface area contributed by atoms with Crippen LogP contribution in [0.4, 0.5) is 0 Å². The van der Waals surface area contributed by atoms with E-state index in [4.69, 9.17) is 0 Å². The molecule has 0 bridgehead atoms. The van der Waals surface area contributed by atoms with E-state index >= 15 is 0 Å². The lowest BCUT2D eigenvalue weighted by molar-refractivity contribution is -0.124. The summed E-state index contributed by atoms with van der Waals surface area (Å²) >= 11 is 0. The summed E-state index contributed by atoms with van der Waals surface area (Å²) in [4.78, 5) is 14.8. The standard InChI is InChI=1S/C17H33NO/c1-14(2)10-12-18(13-11-15(3)4)16-8-6-5-7-9-17(16)19/h14-16H,5-13H2,1-4H3. The Morgan fingerprint density at radius 3 is 2.11 bits per heavy atom. The van der Waals surface area contributed by atoms with Crippen molar-refractivity contribution in [2.75, 3.05) is 13.1 Å². The molecule has 1 fully saturated rings. The van der Waals surface area contributed by atoms with Crippen LogP contribution < -0.4 is 0 Å². The van der Waals surface area contributed by atoms with Gasteiger partial charge in [0, 0.05) is 6.42 Å². The molecule has 0 aliphatic heterocycles. The number of carbonyl (C=O) groups excluding carboxylic acids is 1. The molecule has 0 amide bonds. The van der Waals surface area contributed by atoms with Gasteiger partial charge in [0.1, 0.15) is 5.78 Å². The van der Waals surface area contributed by atoms with Crippen LogP contribution in [0.15, 0.2) is 0 Å². The van der Waals surface area contributed by atoms with Gasteiger partial charge in [-0.25, -0.2) is 0 Å². The van der Waals surface area contributed by atoms with Gasteiger partial charge in [0.15, 0.2) is 0 Å². The molecule has 1 aliphatic carbocycles. The first-order valence-electron chi connectivity index (χ1n) is 8.27. The van der Waals surface area contributed by atoms with E-state index in [-0.39, 0.29) is 6.04 Å². The normalized spacial score (nSPS) is 21.4. The average Bonchev–Trinajstić information content (AvgIpc) is 2.54. The van der Waals surface area contributed by atoms with Crippen LogP contribution in [0.3, 0.4) is 0 Å². The number of ketones is 1. The second-order valence-corrected chi connectivity index (χ2v) is 6.98. The van der Waals surface area contributed by atoms with Crippen molar-refractivity contribution in [1.82, 2.24) is 4.90 Å². The van der Waals surface area contributed by atoms with Gasteiger partial charge in [0.25, 0.3) is 0 Å². The molecule has 1 aliphatic rings. The maximum absolute atomic E-state index is 12.3. The second-order valence-electron chi connectivity index (χ2n) is 6.98. The van der Waals surface area contributed by atoms with Gasteiger partial charge in [-0.2, -0.15) is 0 Å². The van der Waals surface area contributed by atoms with E-state index in [0.29, 0.717) is 5.78 Å². The molecule has 112 valence electrons. The van der Waals surface area contributed by atoms with Gasteiger partial charge in [0.05, 0.1) is 6.04 Å². The highest BCUT2D eigenvalue weighted by Crippen LogP contribution is 2.21. The van der Waals surface area contributed by atoms with Crippen molar-refractivity contribution < 1.29 is 4.79 Å². The van der Waals surface area contributed by atoms with E-state index in [1.54, 1.807) is 0 Å². The van der Waals surface area contributed by atoms with Gasteiger partial charge in [-0.3, -0.25) is 9.69 Å². The van der Waals surface area contributed by atoms with Gasteiger partial charge in [-0.1, -0.05) is 40.5 Å². The third kappa shape index (κ3) is 6.56. The summed E-state index contributed by atoms with van der Waals surface area (Å²) in [6.45, 7) is 11.3. The van der Waals surface area contributed by atoms with E-state index in [0.717, 1.165) is 44.2 Å². The number of carbonyl (C=O) groups is 1. The molecule has 2 nitrogen and oxygen atoms in total. The molecule has 0 radical (unpaired) electrons. The third-order valence-corrected chi connectivity index (χ3v) is 4.20. The van der Waals surface area contributed by atoms with E-state index in [2.05, 4.69) is 32.6 Å². The van der Waals surface area contributed by atoms with Crippen molar-refractivity contribution in [3.05, 3.63) is 0 Å². The highest BCUT2D eigenvalue weighted by Gasteiger charge is 2.26. The Balaban J connectivity index is 2.60. The molecule has 1 unspecified atom stereocenters. The Bertz CT molecular complexity index is 248. The van der Waals surface area contributed by atoms with Gasteiger partial charge < -0.3 is 0 Å². The molecular formula is C17H33NO. The quantitative estimate of drug-likeness (QED) is 0.642. The van der Waals surface area contributed by atoms with Crippen LogP contribution in [0.5, 0.6) is 0 Å². The molecule has 1 rings (SSSR count). The lowest BCUT2D eigenvalue weighted by Crippen LogP contribution is -2.42. The van der Waals surface area contributed by atoms with Crippen LogP contribution in [-0.4, -0.2) is 29.8 Å². The summed E-state index contributed by atoms with van der Waals surface area (Å²) in [6.07, 6.45) is 7.90. The molecule has 0 aromatic rings. The average molecular weight is 267 g/mol. The van der Waals surface area contributed by atoms with Crippen molar-refractivity contribution >= 4 is 5.78 Å². The highest BCUT2D eigenvalue weighted by atomic mass is 16.1. The minimum atomic E-state index is 0.222. The number of hydrogen-bond donors (Lipinski definition) is 0. The number of nitrogens with zero attached hydrogens (tertiary/aromatic N) is 1. The zero-order valence-electron chi connectivity index (χ0n) is 13.5. The summed E-state index contributed by atoms with van der Waals surface area (Å²) in [5, 5.41) is 0. The van der Waals surface area contributed by atoms with Crippen LogP contribution in [0.25, 0.3) is 0 Å². The number of rotatable bonds is 7. The molecule has 1 atom stereocenters. The Kier molecular flexibility index (Phi) is 7.67. The van der Waals surface area contributed by atoms with Gasteiger partial charge in [-0.15, -0.1) is 0 Å². The van der Waals surface area contributed by atoms with Crippen molar-refractivity contribution in [1.29, 1.82) is 0 Å². The topological polar surface area (TPSA) is 20.3 Å². The molecule has 0 heterocycles. The number of Topliss-reactive ketones (excluding diaryl/α,β-unsaturated/α-hetero) is 1. The zero-order valence-corrected chi connectivity index (χ0v) is 13.5. The minimum Gasteiger partial charge on any atom is -0.298 e. The third-order valence-electron chi connectivity index (χ3n) is 4.20. The van der Waals surface area contributed by atoms with Crippen molar-refractivity contribution in [2.45, 2.75) is 78.7 Å². The lowest BCUT2D eigenvalue weighted by atomic mass is 10.0. The van der Waals surface area contributed by atoms with Crippen LogP contribution in [0.1, 0.15) is 72.6 Å². The van der Waals surface area contributed by atoms with Crippen molar-refractivity contribution in [3.8, 4) is 0 Å². The monoisotopic (exact) mass is 267 g/mol. The summed E-state index contributed by atoms with van der Waals surface area (Å²) in [7, 11) is 0. The van der Waals surface area contributed by atoms with Crippen LogP contribution >= 0.6 is 0 Å². The summed E-state index contributed by atoms with van der Waals surface area (Å²) in [5.74, 6) is 1.95. The summed E-state index contributed by atoms with van der Waals surface area (Å²) in [5.41, 5.74) is 0. The smallest absolute Gasteiger partial charge is 0.149 e. The molecule has 19 heavy (non-hydrogen) atoms. The zero-order chi connectivity index (χ0) is 14.3. The minimum absolute atomic E-state index is 0.222. The maximum atomic E-state index is 12.3. The Morgan fingerprint density at radius 2 is 1.58 bits per heavy atom. The first-order chi connectivity index (χ1) is 9.00. The predicted octanol–water partition coefficient (Wildman–Crippen LogP) is 4.28. The first kappa shape index (κ1) is 16.7. The second kappa shape index (κ2) is 8.73. The Hall–Kier alpha value is -0.370. The first-order valence-corrected chi connectivity index (χ1v) is 8.27. The van der Waals surface area contributed by atoms with E-state index in [9.17, 15) is 4.79 Å². The Labute approximate surface area is 119 Å². The largest absolute Gasteiger partial charge is 0.298 e. The fourth-order valence-corrected chi connectivity index (χ4v) is 2.80. The maximum Gasteiger partial charge on any atom is 0.149 e. The molecule has 0 aromatic heterocycles. The van der Waals surface area contributed by atoms with Crippen molar-refractivity contribution in [3.63, 3.8) is 0 Å². The van der Waals surface area contributed by atoms with Crippen LogP contribution in [0.2, 0.25) is 0 Å². The SMILES string of the molecule is CC(C)CCN(CCC(C)C)C1CCCCCC1=O. The number of hydrogen-bond acceptors (Lipinski definition) is 2. The van der Waals surface area contributed by atoms with E-state index in [1.165, 1.54) is 25.7 Å².